The molecule has 0 fully saturated rings. The number of nitrogens with zero attached hydrogens (tertiary/aromatic N) is 1. The van der Waals surface area contributed by atoms with E-state index in [0.717, 1.165) is 24.1 Å². The fourth-order valence-corrected chi connectivity index (χ4v) is 1.70. The fourth-order valence-electron chi connectivity index (χ4n) is 1.58. The van der Waals surface area contributed by atoms with Crippen LogP contribution in [0.25, 0.3) is 0 Å². The van der Waals surface area contributed by atoms with Crippen LogP contribution in [-0.2, 0) is 15.9 Å². The first-order chi connectivity index (χ1) is 11.0. The second-order valence-corrected chi connectivity index (χ2v) is 5.22. The minimum absolute atomic E-state index is 0.0574. The summed E-state index contributed by atoms with van der Waals surface area (Å²) >= 11 is 4.82. The van der Waals surface area contributed by atoms with Gasteiger partial charge in [-0.3, -0.25) is 4.98 Å². The Labute approximate surface area is 143 Å². The molecular formula is C16H28N2O4S. The first-order valence-corrected chi connectivity index (χ1v) is 8.11. The topological polar surface area (TPSA) is 97.8 Å². The van der Waals surface area contributed by atoms with Gasteiger partial charge in [-0.05, 0) is 31.9 Å². The van der Waals surface area contributed by atoms with Gasteiger partial charge < -0.3 is 25.4 Å². The van der Waals surface area contributed by atoms with Crippen molar-refractivity contribution in [1.82, 2.24) is 4.98 Å². The van der Waals surface area contributed by atoms with E-state index in [9.17, 15) is 0 Å². The third kappa shape index (κ3) is 12.0. The molecule has 0 saturated heterocycles. The Morgan fingerprint density at radius 2 is 2.00 bits per heavy atom. The van der Waals surface area contributed by atoms with Crippen molar-refractivity contribution in [3.63, 3.8) is 0 Å². The quantitative estimate of drug-likeness (QED) is 0.431. The zero-order valence-corrected chi connectivity index (χ0v) is 14.7. The van der Waals surface area contributed by atoms with Crippen LogP contribution in [0.15, 0.2) is 18.3 Å². The minimum atomic E-state index is 0.0574. The van der Waals surface area contributed by atoms with E-state index in [-0.39, 0.29) is 19.3 Å². The van der Waals surface area contributed by atoms with Crippen LogP contribution in [-0.4, -0.2) is 59.3 Å². The van der Waals surface area contributed by atoms with Gasteiger partial charge in [-0.25, -0.2) is 0 Å². The highest BCUT2D eigenvalue weighted by Gasteiger charge is 2.00. The predicted octanol–water partition coefficient (Wildman–Crippen LogP) is 1.06. The van der Waals surface area contributed by atoms with Crippen molar-refractivity contribution in [3.05, 3.63) is 29.6 Å². The number of aliphatic hydroxyl groups is 2. The zero-order valence-electron chi connectivity index (χ0n) is 13.9. The molecule has 0 amide bonds. The van der Waals surface area contributed by atoms with Crippen molar-refractivity contribution < 1.29 is 19.7 Å². The van der Waals surface area contributed by atoms with Crippen LogP contribution in [0.5, 0.6) is 0 Å². The van der Waals surface area contributed by atoms with Gasteiger partial charge in [-0.15, -0.1) is 0 Å². The molecule has 1 atom stereocenters. The van der Waals surface area contributed by atoms with Gasteiger partial charge in [0.05, 0.1) is 32.5 Å². The van der Waals surface area contributed by atoms with Gasteiger partial charge in [0.1, 0.15) is 4.99 Å². The van der Waals surface area contributed by atoms with E-state index in [4.69, 9.17) is 37.6 Å². The Morgan fingerprint density at radius 3 is 2.57 bits per heavy atom. The summed E-state index contributed by atoms with van der Waals surface area (Å²) in [5.41, 5.74) is 7.36. The molecule has 1 aromatic heterocycles. The number of thiocarbonyl (C=S) groups is 1. The van der Waals surface area contributed by atoms with Gasteiger partial charge in [0.2, 0.25) is 0 Å². The number of aliphatic hydroxyl groups excluding tert-OH is 2. The lowest BCUT2D eigenvalue weighted by Gasteiger charge is -2.11. The molecule has 1 heterocycles. The molecular weight excluding hydrogens is 316 g/mol. The number of nitrogens with two attached hydrogens (primary N) is 1. The summed E-state index contributed by atoms with van der Waals surface area (Å²) in [6.45, 7) is 5.44. The Bertz CT molecular complexity index is 432. The molecule has 6 nitrogen and oxygen atoms in total. The summed E-state index contributed by atoms with van der Waals surface area (Å²) in [4.78, 5) is 4.56. The Hall–Kier alpha value is -1.12. The van der Waals surface area contributed by atoms with Crippen LogP contribution in [0, 0.1) is 0 Å². The van der Waals surface area contributed by atoms with Gasteiger partial charge >= 0.3 is 0 Å². The third-order valence-electron chi connectivity index (χ3n) is 2.86. The molecule has 23 heavy (non-hydrogen) atoms. The van der Waals surface area contributed by atoms with E-state index >= 15 is 0 Å². The Balaban J connectivity index is 0.000000422. The van der Waals surface area contributed by atoms with Crippen molar-refractivity contribution in [2.45, 2.75) is 32.8 Å². The second-order valence-electron chi connectivity index (χ2n) is 4.78. The number of pyridine rings is 1. The SMILES string of the molecule is CC(CCOCCO)OCCO.CCc1cc(C(N)=S)ccn1. The highest BCUT2D eigenvalue weighted by molar-refractivity contribution is 7.80. The number of rotatable bonds is 10. The second kappa shape index (κ2) is 14.5. The molecule has 132 valence electrons. The number of hydrogen-bond acceptors (Lipinski definition) is 6. The van der Waals surface area contributed by atoms with E-state index in [1.165, 1.54) is 0 Å². The maximum absolute atomic E-state index is 8.44. The zero-order chi connectivity index (χ0) is 17.5. The van der Waals surface area contributed by atoms with E-state index in [0.29, 0.717) is 24.8 Å². The molecule has 4 N–H and O–H groups in total. The lowest BCUT2D eigenvalue weighted by atomic mass is 10.2. The van der Waals surface area contributed by atoms with E-state index in [2.05, 4.69) is 4.98 Å². The van der Waals surface area contributed by atoms with Crippen molar-refractivity contribution >= 4 is 17.2 Å². The summed E-state index contributed by atoms with van der Waals surface area (Å²) in [7, 11) is 0. The van der Waals surface area contributed by atoms with Gasteiger partial charge in [-0.2, -0.15) is 0 Å². The number of aromatic nitrogens is 1. The maximum Gasteiger partial charge on any atom is 0.104 e. The van der Waals surface area contributed by atoms with Crippen LogP contribution in [0.2, 0.25) is 0 Å². The van der Waals surface area contributed by atoms with Gasteiger partial charge in [0.25, 0.3) is 0 Å². The van der Waals surface area contributed by atoms with Crippen LogP contribution in [0.1, 0.15) is 31.5 Å². The molecule has 0 aromatic carbocycles. The Morgan fingerprint density at radius 1 is 1.30 bits per heavy atom. The third-order valence-corrected chi connectivity index (χ3v) is 3.10. The van der Waals surface area contributed by atoms with E-state index in [1.807, 2.05) is 26.0 Å². The van der Waals surface area contributed by atoms with Crippen LogP contribution in [0.4, 0.5) is 0 Å². The molecule has 0 spiro atoms. The van der Waals surface area contributed by atoms with Gasteiger partial charge in [0, 0.05) is 24.1 Å². The van der Waals surface area contributed by atoms with Crippen molar-refractivity contribution in [2.75, 3.05) is 33.0 Å². The average molecular weight is 344 g/mol. The molecule has 0 aliphatic heterocycles. The first-order valence-electron chi connectivity index (χ1n) is 7.70. The summed E-state index contributed by atoms with van der Waals surface area (Å²) < 4.78 is 10.2. The lowest BCUT2D eigenvalue weighted by Crippen LogP contribution is -2.14. The molecule has 0 aliphatic rings. The highest BCUT2D eigenvalue weighted by atomic mass is 32.1. The molecule has 7 heteroatoms. The van der Waals surface area contributed by atoms with Gasteiger partial charge in [0.15, 0.2) is 0 Å². The van der Waals surface area contributed by atoms with Crippen LogP contribution >= 0.6 is 12.2 Å². The average Bonchev–Trinajstić information content (AvgIpc) is 2.57. The highest BCUT2D eigenvalue weighted by Crippen LogP contribution is 2.01. The summed E-state index contributed by atoms with van der Waals surface area (Å²) in [5.74, 6) is 0. The van der Waals surface area contributed by atoms with Crippen molar-refractivity contribution in [2.24, 2.45) is 5.73 Å². The van der Waals surface area contributed by atoms with Gasteiger partial charge in [-0.1, -0.05) is 19.1 Å². The summed E-state index contributed by atoms with van der Waals surface area (Å²) in [5, 5.41) is 16.8. The molecule has 0 radical (unpaired) electrons. The summed E-state index contributed by atoms with van der Waals surface area (Å²) in [6, 6.07) is 3.74. The largest absolute Gasteiger partial charge is 0.394 e. The van der Waals surface area contributed by atoms with Crippen molar-refractivity contribution in [3.8, 4) is 0 Å². The normalized spacial score (nSPS) is 11.5. The Kier molecular flexibility index (Phi) is 13.8. The fraction of sp³-hybridized carbons (Fsp3) is 0.625. The minimum Gasteiger partial charge on any atom is -0.394 e. The molecule has 0 saturated carbocycles. The lowest BCUT2D eigenvalue weighted by molar-refractivity contribution is 0.0100. The smallest absolute Gasteiger partial charge is 0.104 e. The number of aryl methyl sites for hydroxylation is 1. The number of ether oxygens (including phenoxy) is 2. The predicted molar refractivity (Wildman–Crippen MR) is 94.5 cm³/mol. The van der Waals surface area contributed by atoms with E-state index in [1.54, 1.807) is 6.20 Å². The van der Waals surface area contributed by atoms with Crippen LogP contribution < -0.4 is 5.73 Å². The standard InChI is InChI=1S/C8H10N2S.C8H18O4/c1-2-7-5-6(8(9)11)3-4-10-7;1-8(12-7-4-10)2-5-11-6-3-9/h3-5H,2H2,1H3,(H2,9,11);8-10H,2-7H2,1H3. The molecule has 1 rings (SSSR count). The number of hydrogen-bond donors (Lipinski definition) is 3. The maximum atomic E-state index is 8.44. The van der Waals surface area contributed by atoms with Crippen molar-refractivity contribution in [1.29, 1.82) is 0 Å². The molecule has 1 unspecified atom stereocenters. The molecule has 1 aromatic rings. The molecule has 0 aliphatic carbocycles. The first kappa shape index (κ1) is 21.9. The van der Waals surface area contributed by atoms with E-state index < -0.39 is 0 Å². The molecule has 0 bridgehead atoms. The monoisotopic (exact) mass is 344 g/mol. The summed E-state index contributed by atoms with van der Waals surface area (Å²) in [6.07, 6.45) is 3.54. The van der Waals surface area contributed by atoms with Crippen LogP contribution in [0.3, 0.4) is 0 Å².